The van der Waals surface area contributed by atoms with Gasteiger partial charge in [0.05, 0.1) is 0 Å². The number of hydrogen-bond donors (Lipinski definition) is 1. The topological polar surface area (TPSA) is 29.5 Å². The molecule has 0 aliphatic rings. The van der Waals surface area contributed by atoms with Crippen molar-refractivity contribution >= 4 is 0 Å². The van der Waals surface area contributed by atoms with E-state index in [1.165, 1.54) is 0 Å². The third-order valence-corrected chi connectivity index (χ3v) is 2.70. The molecule has 1 atom stereocenters. The van der Waals surface area contributed by atoms with Crippen molar-refractivity contribution in [3.8, 4) is 17.6 Å². The van der Waals surface area contributed by atoms with E-state index in [9.17, 15) is 5.11 Å². The standard InChI is InChI=1S/C17H16O2/c1-2-7-17(18)15-10-6-11-16(12-15)19-13-14-8-4-3-5-9-14/h3-6,8-12,17-18H,13H2,1H3. The molecule has 2 nitrogen and oxygen atoms in total. The molecule has 0 saturated heterocycles. The van der Waals surface area contributed by atoms with Gasteiger partial charge in [-0.25, -0.2) is 0 Å². The fourth-order valence-corrected chi connectivity index (χ4v) is 1.74. The van der Waals surface area contributed by atoms with Crippen molar-refractivity contribution in [3.63, 3.8) is 0 Å². The highest BCUT2D eigenvalue weighted by Crippen LogP contribution is 2.19. The lowest BCUT2D eigenvalue weighted by atomic mass is 10.1. The molecule has 2 rings (SSSR count). The van der Waals surface area contributed by atoms with Gasteiger partial charge in [0.1, 0.15) is 18.5 Å². The number of ether oxygens (including phenoxy) is 1. The molecule has 96 valence electrons. The molecular weight excluding hydrogens is 236 g/mol. The second-order valence-electron chi connectivity index (χ2n) is 4.14. The highest BCUT2D eigenvalue weighted by atomic mass is 16.5. The Morgan fingerprint density at radius 3 is 2.63 bits per heavy atom. The zero-order valence-electron chi connectivity index (χ0n) is 10.8. The smallest absolute Gasteiger partial charge is 0.140 e. The summed E-state index contributed by atoms with van der Waals surface area (Å²) in [4.78, 5) is 0. The summed E-state index contributed by atoms with van der Waals surface area (Å²) in [5, 5.41) is 9.80. The van der Waals surface area contributed by atoms with Gasteiger partial charge in [-0.15, -0.1) is 5.92 Å². The van der Waals surface area contributed by atoms with E-state index in [0.717, 1.165) is 16.9 Å². The monoisotopic (exact) mass is 252 g/mol. The quantitative estimate of drug-likeness (QED) is 0.846. The van der Waals surface area contributed by atoms with E-state index in [2.05, 4.69) is 11.8 Å². The van der Waals surface area contributed by atoms with Crippen molar-refractivity contribution < 1.29 is 9.84 Å². The summed E-state index contributed by atoms with van der Waals surface area (Å²) in [6, 6.07) is 17.4. The first kappa shape index (κ1) is 13.2. The molecule has 0 saturated carbocycles. The predicted octanol–water partition coefficient (Wildman–Crippen LogP) is 3.32. The van der Waals surface area contributed by atoms with E-state index in [4.69, 9.17) is 4.74 Å². The summed E-state index contributed by atoms with van der Waals surface area (Å²) in [5.74, 6) is 6.15. The molecule has 1 unspecified atom stereocenters. The largest absolute Gasteiger partial charge is 0.489 e. The average Bonchev–Trinajstić information content (AvgIpc) is 2.47. The fourth-order valence-electron chi connectivity index (χ4n) is 1.74. The third-order valence-electron chi connectivity index (χ3n) is 2.70. The molecule has 0 aliphatic carbocycles. The Morgan fingerprint density at radius 1 is 1.11 bits per heavy atom. The van der Waals surface area contributed by atoms with Gasteiger partial charge in [-0.1, -0.05) is 48.4 Å². The molecule has 2 aromatic carbocycles. The highest BCUT2D eigenvalue weighted by Gasteiger charge is 2.04. The van der Waals surface area contributed by atoms with Crippen LogP contribution in [0.2, 0.25) is 0 Å². The van der Waals surface area contributed by atoms with E-state index >= 15 is 0 Å². The van der Waals surface area contributed by atoms with Crippen molar-refractivity contribution in [1.82, 2.24) is 0 Å². The van der Waals surface area contributed by atoms with Gasteiger partial charge in [-0.2, -0.15) is 0 Å². The van der Waals surface area contributed by atoms with Crippen LogP contribution in [0, 0.1) is 11.8 Å². The number of rotatable bonds is 4. The Bertz CT molecular complexity index is 579. The van der Waals surface area contributed by atoms with Gasteiger partial charge in [0.25, 0.3) is 0 Å². The summed E-state index contributed by atoms with van der Waals surface area (Å²) in [7, 11) is 0. The molecule has 2 aromatic rings. The first-order valence-electron chi connectivity index (χ1n) is 6.16. The number of hydrogen-bond acceptors (Lipinski definition) is 2. The van der Waals surface area contributed by atoms with Crippen LogP contribution in [-0.2, 0) is 6.61 Å². The second-order valence-corrected chi connectivity index (χ2v) is 4.14. The summed E-state index contributed by atoms with van der Waals surface area (Å²) >= 11 is 0. The second kappa shape index (κ2) is 6.63. The van der Waals surface area contributed by atoms with Crippen LogP contribution in [0.4, 0.5) is 0 Å². The van der Waals surface area contributed by atoms with Gasteiger partial charge in [0, 0.05) is 0 Å². The maximum absolute atomic E-state index is 9.80. The van der Waals surface area contributed by atoms with Gasteiger partial charge >= 0.3 is 0 Å². The van der Waals surface area contributed by atoms with Crippen LogP contribution in [0.15, 0.2) is 54.6 Å². The van der Waals surface area contributed by atoms with Crippen molar-refractivity contribution in [3.05, 3.63) is 65.7 Å². The normalized spacial score (nSPS) is 11.3. The van der Waals surface area contributed by atoms with E-state index in [-0.39, 0.29) is 0 Å². The first-order chi connectivity index (χ1) is 9.29. The van der Waals surface area contributed by atoms with E-state index in [1.807, 2.05) is 54.6 Å². The molecule has 1 N–H and O–H groups in total. The minimum Gasteiger partial charge on any atom is -0.489 e. The van der Waals surface area contributed by atoms with E-state index in [0.29, 0.717) is 6.61 Å². The summed E-state index contributed by atoms with van der Waals surface area (Å²) in [5.41, 5.74) is 1.86. The number of aliphatic hydroxyl groups is 1. The summed E-state index contributed by atoms with van der Waals surface area (Å²) < 4.78 is 5.70. The molecule has 2 heteroatoms. The van der Waals surface area contributed by atoms with Gasteiger partial charge < -0.3 is 9.84 Å². The highest BCUT2D eigenvalue weighted by molar-refractivity contribution is 5.33. The summed E-state index contributed by atoms with van der Waals surface area (Å²) in [6.45, 7) is 2.22. The van der Waals surface area contributed by atoms with Gasteiger partial charge in [-0.3, -0.25) is 0 Å². The van der Waals surface area contributed by atoms with Crippen molar-refractivity contribution in [2.75, 3.05) is 0 Å². The zero-order valence-corrected chi connectivity index (χ0v) is 10.8. The Labute approximate surface area is 113 Å². The Kier molecular flexibility index (Phi) is 4.60. The average molecular weight is 252 g/mol. The Hall–Kier alpha value is -2.24. The molecule has 19 heavy (non-hydrogen) atoms. The fraction of sp³-hybridized carbons (Fsp3) is 0.176. The minimum atomic E-state index is -0.759. The lowest BCUT2D eigenvalue weighted by Gasteiger charge is -2.09. The molecule has 0 spiro atoms. The van der Waals surface area contributed by atoms with Gasteiger partial charge in [-0.05, 0) is 30.2 Å². The SMILES string of the molecule is CC#CC(O)c1cccc(OCc2ccccc2)c1. The molecule has 0 radical (unpaired) electrons. The molecule has 0 bridgehead atoms. The van der Waals surface area contributed by atoms with Crippen molar-refractivity contribution in [2.24, 2.45) is 0 Å². The van der Waals surface area contributed by atoms with Crippen molar-refractivity contribution in [1.29, 1.82) is 0 Å². The molecule has 0 aliphatic heterocycles. The van der Waals surface area contributed by atoms with Crippen LogP contribution in [-0.4, -0.2) is 5.11 Å². The lowest BCUT2D eigenvalue weighted by Crippen LogP contribution is -1.97. The zero-order chi connectivity index (χ0) is 13.5. The minimum absolute atomic E-state index is 0.514. The number of aliphatic hydroxyl groups excluding tert-OH is 1. The molecule has 0 heterocycles. The maximum Gasteiger partial charge on any atom is 0.140 e. The van der Waals surface area contributed by atoms with Crippen LogP contribution in [0.1, 0.15) is 24.2 Å². The molecule has 0 aromatic heterocycles. The third kappa shape index (κ3) is 3.87. The molecule has 0 fully saturated rings. The van der Waals surface area contributed by atoms with E-state index < -0.39 is 6.10 Å². The predicted molar refractivity (Wildman–Crippen MR) is 75.6 cm³/mol. The van der Waals surface area contributed by atoms with Crippen LogP contribution in [0.25, 0.3) is 0 Å². The van der Waals surface area contributed by atoms with E-state index in [1.54, 1.807) is 6.92 Å². The van der Waals surface area contributed by atoms with Crippen LogP contribution in [0.3, 0.4) is 0 Å². The molecular formula is C17H16O2. The molecule has 0 amide bonds. The lowest BCUT2D eigenvalue weighted by molar-refractivity contribution is 0.237. The van der Waals surface area contributed by atoms with Crippen LogP contribution >= 0.6 is 0 Å². The van der Waals surface area contributed by atoms with Crippen LogP contribution in [0.5, 0.6) is 5.75 Å². The Morgan fingerprint density at radius 2 is 1.89 bits per heavy atom. The maximum atomic E-state index is 9.80. The van der Waals surface area contributed by atoms with Gasteiger partial charge in [0.2, 0.25) is 0 Å². The number of benzene rings is 2. The van der Waals surface area contributed by atoms with Gasteiger partial charge in [0.15, 0.2) is 0 Å². The summed E-state index contributed by atoms with van der Waals surface area (Å²) in [6.07, 6.45) is -0.759. The van der Waals surface area contributed by atoms with Crippen molar-refractivity contribution in [2.45, 2.75) is 19.6 Å². The van der Waals surface area contributed by atoms with Crippen LogP contribution < -0.4 is 4.74 Å². The first-order valence-corrected chi connectivity index (χ1v) is 6.16. The Balaban J connectivity index is 2.04.